The molecule has 3 heteroatoms. The molecule has 0 aromatic heterocycles. The molecule has 1 amide bonds. The van der Waals surface area contributed by atoms with Gasteiger partial charge < -0.3 is 11.1 Å². The highest BCUT2D eigenvalue weighted by Gasteiger charge is 2.10. The van der Waals surface area contributed by atoms with Gasteiger partial charge in [0.1, 0.15) is 0 Å². The lowest BCUT2D eigenvalue weighted by molar-refractivity contribution is -0.122. The molecular weight excluding hydrogens is 212 g/mol. The Balaban J connectivity index is 2.36. The van der Waals surface area contributed by atoms with Gasteiger partial charge in [0, 0.05) is 6.42 Å². The molecule has 3 nitrogen and oxygen atoms in total. The minimum atomic E-state index is 0.0666. The van der Waals surface area contributed by atoms with E-state index in [4.69, 9.17) is 5.73 Å². The van der Waals surface area contributed by atoms with Crippen molar-refractivity contribution in [1.29, 1.82) is 0 Å². The van der Waals surface area contributed by atoms with Crippen LogP contribution < -0.4 is 11.1 Å². The quantitative estimate of drug-likeness (QED) is 0.793. The summed E-state index contributed by atoms with van der Waals surface area (Å²) < 4.78 is 0. The van der Waals surface area contributed by atoms with Crippen molar-refractivity contribution in [3.8, 4) is 0 Å². The molecule has 0 bridgehead atoms. The molecular formula is C14H22N2O. The van der Waals surface area contributed by atoms with E-state index in [-0.39, 0.29) is 11.9 Å². The Labute approximate surface area is 103 Å². The van der Waals surface area contributed by atoms with Gasteiger partial charge in [-0.05, 0) is 31.4 Å². The van der Waals surface area contributed by atoms with Crippen LogP contribution in [0.5, 0.6) is 0 Å². The lowest BCUT2D eigenvalue weighted by atomic mass is 10.0. The fourth-order valence-electron chi connectivity index (χ4n) is 1.63. The molecule has 1 unspecified atom stereocenters. The van der Waals surface area contributed by atoms with Crippen molar-refractivity contribution < 1.29 is 4.79 Å². The minimum Gasteiger partial charge on any atom is -0.350 e. The predicted octanol–water partition coefficient (Wildman–Crippen LogP) is 2.24. The lowest BCUT2D eigenvalue weighted by Crippen LogP contribution is -2.27. The van der Waals surface area contributed by atoms with Gasteiger partial charge in [0.15, 0.2) is 0 Å². The predicted molar refractivity (Wildman–Crippen MR) is 70.5 cm³/mol. The van der Waals surface area contributed by atoms with Crippen LogP contribution in [0.25, 0.3) is 0 Å². The van der Waals surface area contributed by atoms with E-state index in [1.165, 1.54) is 0 Å². The first-order chi connectivity index (χ1) is 8.13. The first kappa shape index (κ1) is 13.7. The van der Waals surface area contributed by atoms with Crippen molar-refractivity contribution in [1.82, 2.24) is 5.32 Å². The van der Waals surface area contributed by atoms with E-state index in [0.717, 1.165) is 12.0 Å². The van der Waals surface area contributed by atoms with Crippen LogP contribution in [0, 0.1) is 5.92 Å². The second kappa shape index (κ2) is 7.07. The molecule has 2 atom stereocenters. The first-order valence-corrected chi connectivity index (χ1v) is 6.18. The summed E-state index contributed by atoms with van der Waals surface area (Å²) in [5.74, 6) is 0.509. The van der Waals surface area contributed by atoms with Gasteiger partial charge in [0.05, 0.1) is 6.04 Å². The number of hydrogen-bond acceptors (Lipinski definition) is 2. The van der Waals surface area contributed by atoms with Crippen LogP contribution in [0.2, 0.25) is 0 Å². The number of benzene rings is 1. The summed E-state index contributed by atoms with van der Waals surface area (Å²) in [4.78, 5) is 11.7. The van der Waals surface area contributed by atoms with Crippen LogP contribution in [-0.4, -0.2) is 12.5 Å². The molecule has 0 saturated heterocycles. The fraction of sp³-hybridized carbons (Fsp3) is 0.500. The van der Waals surface area contributed by atoms with Crippen molar-refractivity contribution >= 4 is 5.91 Å². The van der Waals surface area contributed by atoms with Gasteiger partial charge in [-0.1, -0.05) is 37.3 Å². The summed E-state index contributed by atoms with van der Waals surface area (Å²) >= 11 is 0. The van der Waals surface area contributed by atoms with Gasteiger partial charge >= 0.3 is 0 Å². The molecule has 0 aliphatic carbocycles. The molecule has 0 heterocycles. The highest BCUT2D eigenvalue weighted by atomic mass is 16.1. The van der Waals surface area contributed by atoms with E-state index in [9.17, 15) is 4.79 Å². The molecule has 94 valence electrons. The Kier molecular flexibility index (Phi) is 5.70. The normalized spacial score (nSPS) is 14.1. The summed E-state index contributed by atoms with van der Waals surface area (Å²) in [6.45, 7) is 4.70. The average molecular weight is 234 g/mol. The topological polar surface area (TPSA) is 55.1 Å². The van der Waals surface area contributed by atoms with E-state index in [1.807, 2.05) is 37.3 Å². The monoisotopic (exact) mass is 234 g/mol. The first-order valence-electron chi connectivity index (χ1n) is 6.18. The van der Waals surface area contributed by atoms with Crippen LogP contribution in [0.1, 0.15) is 38.3 Å². The Morgan fingerprint density at radius 1 is 1.29 bits per heavy atom. The van der Waals surface area contributed by atoms with Gasteiger partial charge in [-0.25, -0.2) is 0 Å². The summed E-state index contributed by atoms with van der Waals surface area (Å²) in [6.07, 6.45) is 1.40. The maximum atomic E-state index is 11.7. The van der Waals surface area contributed by atoms with Crippen LogP contribution in [0.3, 0.4) is 0 Å². The van der Waals surface area contributed by atoms with Gasteiger partial charge in [-0.3, -0.25) is 4.79 Å². The highest BCUT2D eigenvalue weighted by molar-refractivity contribution is 5.76. The molecule has 17 heavy (non-hydrogen) atoms. The molecule has 0 aliphatic rings. The van der Waals surface area contributed by atoms with E-state index >= 15 is 0 Å². The summed E-state index contributed by atoms with van der Waals surface area (Å²) in [5, 5.41) is 3.00. The Morgan fingerprint density at radius 3 is 2.53 bits per heavy atom. The summed E-state index contributed by atoms with van der Waals surface area (Å²) in [7, 11) is 0. The SMILES string of the molecule is CC(CN)CCC(=O)N[C@@H](C)c1ccccc1. The number of hydrogen-bond donors (Lipinski definition) is 2. The van der Waals surface area contributed by atoms with E-state index in [2.05, 4.69) is 12.2 Å². The molecule has 3 N–H and O–H groups in total. The third kappa shape index (κ3) is 5.00. The maximum Gasteiger partial charge on any atom is 0.220 e. The Hall–Kier alpha value is -1.35. The van der Waals surface area contributed by atoms with Gasteiger partial charge in [0.25, 0.3) is 0 Å². The average Bonchev–Trinajstić information content (AvgIpc) is 2.36. The number of carbonyl (C=O) groups excluding carboxylic acids is 1. The third-order valence-corrected chi connectivity index (χ3v) is 2.94. The second-order valence-electron chi connectivity index (χ2n) is 4.58. The molecule has 0 saturated carbocycles. The lowest BCUT2D eigenvalue weighted by Gasteiger charge is -2.15. The highest BCUT2D eigenvalue weighted by Crippen LogP contribution is 2.12. The number of nitrogens with two attached hydrogens (primary N) is 1. The number of carbonyl (C=O) groups is 1. The van der Waals surface area contributed by atoms with Crippen molar-refractivity contribution in [2.24, 2.45) is 11.7 Å². The summed E-state index contributed by atoms with van der Waals surface area (Å²) in [5.41, 5.74) is 6.65. The molecule has 0 spiro atoms. The largest absolute Gasteiger partial charge is 0.350 e. The van der Waals surface area contributed by atoms with Crippen LogP contribution in [0.15, 0.2) is 30.3 Å². The van der Waals surface area contributed by atoms with E-state index in [1.54, 1.807) is 0 Å². The second-order valence-corrected chi connectivity index (χ2v) is 4.58. The molecule has 1 rings (SSSR count). The molecule has 1 aromatic rings. The standard InChI is InChI=1S/C14H22N2O/c1-11(10-15)8-9-14(17)16-12(2)13-6-4-3-5-7-13/h3-7,11-12H,8-10,15H2,1-2H3,(H,16,17)/t11?,12-/m0/s1. The van der Waals surface area contributed by atoms with Crippen molar-refractivity contribution in [3.63, 3.8) is 0 Å². The van der Waals surface area contributed by atoms with E-state index in [0.29, 0.717) is 18.9 Å². The van der Waals surface area contributed by atoms with E-state index < -0.39 is 0 Å². The molecule has 0 radical (unpaired) electrons. The van der Waals surface area contributed by atoms with Gasteiger partial charge in [-0.2, -0.15) is 0 Å². The van der Waals surface area contributed by atoms with Crippen molar-refractivity contribution in [3.05, 3.63) is 35.9 Å². The maximum absolute atomic E-state index is 11.7. The zero-order chi connectivity index (χ0) is 12.7. The van der Waals surface area contributed by atoms with Crippen LogP contribution in [-0.2, 0) is 4.79 Å². The smallest absolute Gasteiger partial charge is 0.220 e. The number of amides is 1. The molecule has 0 fully saturated rings. The summed E-state index contributed by atoms with van der Waals surface area (Å²) in [6, 6.07) is 10.0. The fourth-order valence-corrected chi connectivity index (χ4v) is 1.63. The number of nitrogens with one attached hydrogen (secondary N) is 1. The Morgan fingerprint density at radius 2 is 1.94 bits per heavy atom. The third-order valence-electron chi connectivity index (χ3n) is 2.94. The van der Waals surface area contributed by atoms with Gasteiger partial charge in [-0.15, -0.1) is 0 Å². The number of rotatable bonds is 6. The molecule has 0 aliphatic heterocycles. The van der Waals surface area contributed by atoms with Crippen LogP contribution >= 0.6 is 0 Å². The molecule has 1 aromatic carbocycles. The zero-order valence-corrected chi connectivity index (χ0v) is 10.6. The van der Waals surface area contributed by atoms with Crippen molar-refractivity contribution in [2.75, 3.05) is 6.54 Å². The van der Waals surface area contributed by atoms with Crippen molar-refractivity contribution in [2.45, 2.75) is 32.7 Å². The Bertz CT molecular complexity index is 337. The van der Waals surface area contributed by atoms with Gasteiger partial charge in [0.2, 0.25) is 5.91 Å². The van der Waals surface area contributed by atoms with Crippen LogP contribution in [0.4, 0.5) is 0 Å². The zero-order valence-electron chi connectivity index (χ0n) is 10.6. The minimum absolute atomic E-state index is 0.0666.